The van der Waals surface area contributed by atoms with Gasteiger partial charge in [-0.1, -0.05) is 35.9 Å². The number of anilines is 1. The van der Waals surface area contributed by atoms with Gasteiger partial charge in [0.1, 0.15) is 0 Å². The van der Waals surface area contributed by atoms with Gasteiger partial charge in [-0.25, -0.2) is 0 Å². The van der Waals surface area contributed by atoms with Crippen molar-refractivity contribution in [3.63, 3.8) is 0 Å². The second kappa shape index (κ2) is 11.7. The van der Waals surface area contributed by atoms with E-state index in [2.05, 4.69) is 51.6 Å². The number of carbonyl (C=O) groups is 1. The molecule has 0 aliphatic carbocycles. The minimum atomic E-state index is 0.0000935. The third-order valence-corrected chi connectivity index (χ3v) is 6.26. The summed E-state index contributed by atoms with van der Waals surface area (Å²) in [5.74, 6) is 2.39. The van der Waals surface area contributed by atoms with Gasteiger partial charge in [0.2, 0.25) is 5.91 Å². The Balaban J connectivity index is 1.28. The van der Waals surface area contributed by atoms with Crippen molar-refractivity contribution in [2.45, 2.75) is 40.2 Å². The topological polar surface area (TPSA) is 76.6 Å². The first-order valence-corrected chi connectivity index (χ1v) is 12.4. The average molecular weight is 475 g/mol. The van der Waals surface area contributed by atoms with Crippen LogP contribution in [0.1, 0.15) is 37.8 Å². The maximum absolute atomic E-state index is 12.8. The van der Waals surface area contributed by atoms with Crippen LogP contribution in [0, 0.1) is 12.8 Å². The fraction of sp³-hybridized carbons (Fsp3) is 0.393. The third kappa shape index (κ3) is 6.29. The lowest BCUT2D eigenvalue weighted by Gasteiger charge is -2.31. The van der Waals surface area contributed by atoms with Crippen LogP contribution in [0.2, 0.25) is 0 Å². The van der Waals surface area contributed by atoms with Crippen LogP contribution < -0.4 is 19.7 Å². The van der Waals surface area contributed by atoms with Crippen LogP contribution in [-0.4, -0.2) is 42.4 Å². The summed E-state index contributed by atoms with van der Waals surface area (Å²) in [5.41, 5.74) is 4.14. The van der Waals surface area contributed by atoms with E-state index in [-0.39, 0.29) is 11.8 Å². The van der Waals surface area contributed by atoms with Crippen molar-refractivity contribution in [3.05, 3.63) is 65.7 Å². The van der Waals surface area contributed by atoms with Gasteiger partial charge >= 0.3 is 0 Å². The molecule has 0 radical (unpaired) electrons. The zero-order valence-corrected chi connectivity index (χ0v) is 20.8. The Kier molecular flexibility index (Phi) is 8.19. The van der Waals surface area contributed by atoms with Crippen LogP contribution in [0.3, 0.4) is 0 Å². The van der Waals surface area contributed by atoms with E-state index in [1.54, 1.807) is 0 Å². The zero-order chi connectivity index (χ0) is 24.6. The minimum Gasteiger partial charge on any atom is -0.490 e. The number of hydrogen-bond donors (Lipinski definition) is 1. The Morgan fingerprint density at radius 2 is 1.66 bits per heavy atom. The quantitative estimate of drug-likeness (QED) is 0.481. The molecule has 1 N–H and O–H groups in total. The summed E-state index contributed by atoms with van der Waals surface area (Å²) in [6.45, 7) is 9.15. The molecule has 1 aliphatic heterocycles. The predicted molar refractivity (Wildman–Crippen MR) is 138 cm³/mol. The summed E-state index contributed by atoms with van der Waals surface area (Å²) in [6.07, 6.45) is 1.58. The molecule has 7 heteroatoms. The van der Waals surface area contributed by atoms with Crippen molar-refractivity contribution < 1.29 is 14.3 Å². The first-order valence-electron chi connectivity index (χ1n) is 12.4. The van der Waals surface area contributed by atoms with Crippen molar-refractivity contribution in [2.75, 3.05) is 31.2 Å². The van der Waals surface area contributed by atoms with Crippen molar-refractivity contribution in [1.82, 2.24) is 15.5 Å². The first kappa shape index (κ1) is 24.5. The molecule has 1 saturated heterocycles. The van der Waals surface area contributed by atoms with Gasteiger partial charge in [0.15, 0.2) is 17.3 Å². The Bertz CT molecular complexity index is 1110. The molecule has 0 atom stereocenters. The molecule has 35 heavy (non-hydrogen) atoms. The monoisotopic (exact) mass is 474 g/mol. The molecule has 0 spiro atoms. The molecule has 184 valence electrons. The standard InChI is InChI=1S/C28H34N4O3/c1-4-34-25-12-8-21(18-26(25)35-5-2)19-29-28(33)23-14-16-32(17-15-23)27-13-11-24(30-31-27)22-9-6-20(3)7-10-22/h6-13,18,23H,4-5,14-17,19H2,1-3H3,(H,29,33). The number of aromatic nitrogens is 2. The van der Waals surface area contributed by atoms with Gasteiger partial charge in [-0.05, 0) is 63.4 Å². The Morgan fingerprint density at radius 1 is 0.943 bits per heavy atom. The van der Waals surface area contributed by atoms with E-state index < -0.39 is 0 Å². The van der Waals surface area contributed by atoms with Crippen LogP contribution >= 0.6 is 0 Å². The second-order valence-electron chi connectivity index (χ2n) is 8.77. The fourth-order valence-electron chi connectivity index (χ4n) is 4.28. The molecule has 7 nitrogen and oxygen atoms in total. The van der Waals surface area contributed by atoms with Crippen LogP contribution in [0.25, 0.3) is 11.3 Å². The third-order valence-electron chi connectivity index (χ3n) is 6.26. The molecule has 0 bridgehead atoms. The number of carbonyl (C=O) groups excluding carboxylic acids is 1. The minimum absolute atomic E-state index is 0.0000935. The van der Waals surface area contributed by atoms with Crippen LogP contribution in [0.4, 0.5) is 5.82 Å². The summed E-state index contributed by atoms with van der Waals surface area (Å²) < 4.78 is 11.3. The predicted octanol–water partition coefficient (Wildman–Crippen LogP) is 4.78. The highest BCUT2D eigenvalue weighted by Crippen LogP contribution is 2.29. The SMILES string of the molecule is CCOc1ccc(CNC(=O)C2CCN(c3ccc(-c4ccc(C)cc4)nn3)CC2)cc1OCC. The molecule has 1 aromatic heterocycles. The molecule has 2 aromatic carbocycles. The van der Waals surface area contributed by atoms with Crippen LogP contribution in [0.5, 0.6) is 11.5 Å². The fourth-order valence-corrected chi connectivity index (χ4v) is 4.28. The lowest BCUT2D eigenvalue weighted by Crippen LogP contribution is -2.40. The largest absolute Gasteiger partial charge is 0.490 e. The highest BCUT2D eigenvalue weighted by Gasteiger charge is 2.25. The molecule has 3 aromatic rings. The molecule has 4 rings (SSSR count). The van der Waals surface area contributed by atoms with E-state index in [1.807, 2.05) is 44.2 Å². The zero-order valence-electron chi connectivity index (χ0n) is 20.8. The van der Waals surface area contributed by atoms with Gasteiger partial charge < -0.3 is 19.7 Å². The van der Waals surface area contributed by atoms with Gasteiger partial charge in [-0.3, -0.25) is 4.79 Å². The average Bonchev–Trinajstić information content (AvgIpc) is 2.89. The molecular formula is C28H34N4O3. The number of piperidine rings is 1. The smallest absolute Gasteiger partial charge is 0.223 e. The normalized spacial score (nSPS) is 14.0. The maximum Gasteiger partial charge on any atom is 0.223 e. The molecule has 1 aliphatic rings. The van der Waals surface area contributed by atoms with E-state index >= 15 is 0 Å². The number of aryl methyl sites for hydroxylation is 1. The molecule has 0 unspecified atom stereocenters. The Hall–Kier alpha value is -3.61. The van der Waals surface area contributed by atoms with Crippen molar-refractivity contribution in [3.8, 4) is 22.8 Å². The molecule has 2 heterocycles. The number of ether oxygens (including phenoxy) is 2. The molecule has 1 fully saturated rings. The number of rotatable bonds is 9. The highest BCUT2D eigenvalue weighted by atomic mass is 16.5. The number of hydrogen-bond acceptors (Lipinski definition) is 6. The number of nitrogens with one attached hydrogen (secondary N) is 1. The number of amides is 1. The summed E-state index contributed by atoms with van der Waals surface area (Å²) in [7, 11) is 0. The number of benzene rings is 2. The van der Waals surface area contributed by atoms with Gasteiger partial charge in [-0.2, -0.15) is 0 Å². The van der Waals surface area contributed by atoms with Gasteiger partial charge in [0.05, 0.1) is 18.9 Å². The van der Waals surface area contributed by atoms with Crippen molar-refractivity contribution in [1.29, 1.82) is 0 Å². The van der Waals surface area contributed by atoms with Crippen LogP contribution in [-0.2, 0) is 11.3 Å². The van der Waals surface area contributed by atoms with Gasteiger partial charge in [0, 0.05) is 31.1 Å². The maximum atomic E-state index is 12.8. The van der Waals surface area contributed by atoms with E-state index in [9.17, 15) is 4.79 Å². The van der Waals surface area contributed by atoms with E-state index in [0.717, 1.165) is 54.3 Å². The Morgan fingerprint density at radius 3 is 2.31 bits per heavy atom. The molecule has 0 saturated carbocycles. The van der Waals surface area contributed by atoms with Crippen molar-refractivity contribution in [2.24, 2.45) is 5.92 Å². The second-order valence-corrected chi connectivity index (χ2v) is 8.77. The van der Waals surface area contributed by atoms with E-state index in [1.165, 1.54) is 5.56 Å². The number of nitrogens with zero attached hydrogens (tertiary/aromatic N) is 3. The van der Waals surface area contributed by atoms with Gasteiger partial charge in [0.25, 0.3) is 0 Å². The molecular weight excluding hydrogens is 440 g/mol. The summed E-state index contributed by atoms with van der Waals surface area (Å²) in [6, 6.07) is 18.1. The lowest BCUT2D eigenvalue weighted by atomic mass is 9.96. The lowest BCUT2D eigenvalue weighted by molar-refractivity contribution is -0.125. The van der Waals surface area contributed by atoms with E-state index in [4.69, 9.17) is 9.47 Å². The van der Waals surface area contributed by atoms with Crippen LogP contribution in [0.15, 0.2) is 54.6 Å². The Labute approximate surface area is 207 Å². The summed E-state index contributed by atoms with van der Waals surface area (Å²) >= 11 is 0. The van der Waals surface area contributed by atoms with E-state index in [0.29, 0.717) is 25.5 Å². The summed E-state index contributed by atoms with van der Waals surface area (Å²) in [5, 5.41) is 12.0. The summed E-state index contributed by atoms with van der Waals surface area (Å²) in [4.78, 5) is 15.0. The molecule has 1 amide bonds. The van der Waals surface area contributed by atoms with Gasteiger partial charge in [-0.15, -0.1) is 10.2 Å². The first-order chi connectivity index (χ1) is 17.1. The van der Waals surface area contributed by atoms with Crippen molar-refractivity contribution >= 4 is 11.7 Å². The highest BCUT2D eigenvalue weighted by molar-refractivity contribution is 5.79.